The van der Waals surface area contributed by atoms with Gasteiger partial charge in [-0.05, 0) is 36.4 Å². The van der Waals surface area contributed by atoms with Gasteiger partial charge in [0.2, 0.25) is 9.79 Å². The standard InChI is InChI=1S/C18H10F3OS/c19-11-1-5-14(6-2-11)23-17-7-3-12(20)9-15(17)22-16-10-13(21)4-8-18(16)23/h1-10H/q+1. The monoisotopic (exact) mass is 331 g/mol. The lowest BCUT2D eigenvalue weighted by Gasteiger charge is -2.19. The number of hydrogen-bond acceptors (Lipinski definition) is 1. The Hall–Kier alpha value is -2.40. The lowest BCUT2D eigenvalue weighted by atomic mass is 10.3. The minimum atomic E-state index is -0.608. The van der Waals surface area contributed by atoms with Crippen molar-refractivity contribution in [1.82, 2.24) is 0 Å². The number of fused-ring (bicyclic) bond motifs is 2. The minimum absolute atomic E-state index is 0.329. The molecule has 0 saturated carbocycles. The van der Waals surface area contributed by atoms with Crippen LogP contribution in [0.3, 0.4) is 0 Å². The Kier molecular flexibility index (Phi) is 3.31. The Morgan fingerprint density at radius 1 is 0.609 bits per heavy atom. The molecule has 4 rings (SSSR count). The molecular weight excluding hydrogens is 321 g/mol. The van der Waals surface area contributed by atoms with E-state index in [1.54, 1.807) is 24.3 Å². The molecule has 0 fully saturated rings. The number of halogens is 3. The quantitative estimate of drug-likeness (QED) is 0.430. The maximum absolute atomic E-state index is 13.5. The van der Waals surface area contributed by atoms with Gasteiger partial charge in [0, 0.05) is 24.3 Å². The summed E-state index contributed by atoms with van der Waals surface area (Å²) in [6.45, 7) is 0. The molecule has 5 heteroatoms. The SMILES string of the molecule is Fc1ccc([S+]2c3ccc(F)cc3Oc3cc(F)ccc32)cc1. The summed E-state index contributed by atoms with van der Waals surface area (Å²) in [7, 11) is -0.608. The maximum atomic E-state index is 13.5. The Labute approximate surface area is 133 Å². The van der Waals surface area contributed by atoms with Gasteiger partial charge >= 0.3 is 0 Å². The summed E-state index contributed by atoms with van der Waals surface area (Å²) in [5.41, 5.74) is 0. The van der Waals surface area contributed by atoms with Crippen LogP contribution in [0.2, 0.25) is 0 Å². The first-order chi connectivity index (χ1) is 11.1. The molecule has 0 saturated heterocycles. The normalized spacial score (nSPS) is 13.2. The van der Waals surface area contributed by atoms with Crippen LogP contribution < -0.4 is 4.74 Å². The fourth-order valence-electron chi connectivity index (χ4n) is 2.52. The molecule has 0 aliphatic carbocycles. The maximum Gasteiger partial charge on any atom is 0.209 e. The van der Waals surface area contributed by atoms with Crippen LogP contribution in [0.25, 0.3) is 0 Å². The molecule has 0 amide bonds. The molecule has 0 atom stereocenters. The highest BCUT2D eigenvalue weighted by Crippen LogP contribution is 2.47. The van der Waals surface area contributed by atoms with Crippen LogP contribution >= 0.6 is 0 Å². The molecule has 0 aromatic heterocycles. The zero-order valence-corrected chi connectivity index (χ0v) is 12.5. The zero-order valence-electron chi connectivity index (χ0n) is 11.7. The third-order valence-corrected chi connectivity index (χ3v) is 5.82. The zero-order chi connectivity index (χ0) is 16.0. The smallest absolute Gasteiger partial charge is 0.209 e. The van der Waals surface area contributed by atoms with Gasteiger partial charge in [-0.3, -0.25) is 0 Å². The largest absolute Gasteiger partial charge is 0.447 e. The van der Waals surface area contributed by atoms with Crippen LogP contribution in [-0.2, 0) is 10.9 Å². The molecule has 3 aromatic carbocycles. The summed E-state index contributed by atoms with van der Waals surface area (Å²) in [6, 6.07) is 14.7. The highest BCUT2D eigenvalue weighted by atomic mass is 32.2. The van der Waals surface area contributed by atoms with Crippen molar-refractivity contribution in [1.29, 1.82) is 0 Å². The molecule has 114 valence electrons. The van der Waals surface area contributed by atoms with E-state index in [0.29, 0.717) is 11.5 Å². The van der Waals surface area contributed by atoms with Crippen molar-refractivity contribution >= 4 is 10.9 Å². The second-order valence-corrected chi connectivity index (χ2v) is 7.01. The molecular formula is C18H10F3OS+. The molecule has 1 nitrogen and oxygen atoms in total. The molecule has 1 heterocycles. The summed E-state index contributed by atoms with van der Waals surface area (Å²) < 4.78 is 46.0. The number of benzene rings is 3. The first-order valence-corrected chi connectivity index (χ1v) is 8.11. The number of rotatable bonds is 1. The van der Waals surface area contributed by atoms with E-state index in [4.69, 9.17) is 4.74 Å². The van der Waals surface area contributed by atoms with Gasteiger partial charge in [0.15, 0.2) is 16.4 Å². The molecule has 0 radical (unpaired) electrons. The van der Waals surface area contributed by atoms with Gasteiger partial charge in [-0.25, -0.2) is 13.2 Å². The van der Waals surface area contributed by atoms with Gasteiger partial charge in [-0.15, -0.1) is 0 Å². The Balaban J connectivity index is 1.95. The average Bonchev–Trinajstić information content (AvgIpc) is 2.53. The second kappa shape index (κ2) is 5.35. The van der Waals surface area contributed by atoms with Crippen LogP contribution in [0.15, 0.2) is 75.4 Å². The van der Waals surface area contributed by atoms with E-state index < -0.39 is 22.5 Å². The van der Waals surface area contributed by atoms with Crippen LogP contribution in [-0.4, -0.2) is 0 Å². The first-order valence-electron chi connectivity index (χ1n) is 6.89. The number of hydrogen-bond donors (Lipinski definition) is 0. The summed E-state index contributed by atoms with van der Waals surface area (Å²) >= 11 is 0. The Morgan fingerprint density at radius 2 is 1.09 bits per heavy atom. The predicted molar refractivity (Wildman–Crippen MR) is 81.4 cm³/mol. The lowest BCUT2D eigenvalue weighted by Crippen LogP contribution is -2.13. The third-order valence-electron chi connectivity index (χ3n) is 3.52. The van der Waals surface area contributed by atoms with Gasteiger partial charge in [0.1, 0.15) is 28.3 Å². The molecule has 23 heavy (non-hydrogen) atoms. The highest BCUT2D eigenvalue weighted by Gasteiger charge is 2.39. The molecule has 0 bridgehead atoms. The van der Waals surface area contributed by atoms with Gasteiger partial charge < -0.3 is 4.74 Å². The van der Waals surface area contributed by atoms with E-state index in [1.165, 1.54) is 36.4 Å². The van der Waals surface area contributed by atoms with Crippen molar-refractivity contribution < 1.29 is 17.9 Å². The Morgan fingerprint density at radius 3 is 1.61 bits per heavy atom. The molecule has 1 aliphatic heterocycles. The van der Waals surface area contributed by atoms with E-state index in [1.807, 2.05) is 0 Å². The van der Waals surface area contributed by atoms with E-state index in [0.717, 1.165) is 14.7 Å². The molecule has 0 spiro atoms. The molecule has 0 unspecified atom stereocenters. The van der Waals surface area contributed by atoms with Crippen molar-refractivity contribution in [2.24, 2.45) is 0 Å². The molecule has 3 aromatic rings. The third kappa shape index (κ3) is 2.47. The van der Waals surface area contributed by atoms with Crippen molar-refractivity contribution in [3.63, 3.8) is 0 Å². The summed E-state index contributed by atoms with van der Waals surface area (Å²) in [5.74, 6) is -0.465. The van der Waals surface area contributed by atoms with E-state index in [9.17, 15) is 13.2 Å². The summed E-state index contributed by atoms with van der Waals surface area (Å²) in [6.07, 6.45) is 0. The minimum Gasteiger partial charge on any atom is -0.447 e. The molecule has 0 N–H and O–H groups in total. The van der Waals surface area contributed by atoms with E-state index in [-0.39, 0.29) is 5.82 Å². The van der Waals surface area contributed by atoms with Crippen molar-refractivity contribution in [3.05, 3.63) is 78.1 Å². The van der Waals surface area contributed by atoms with E-state index >= 15 is 0 Å². The van der Waals surface area contributed by atoms with Gasteiger partial charge in [0.05, 0.1) is 0 Å². The summed E-state index contributed by atoms with van der Waals surface area (Å²) in [5, 5.41) is 0. The second-order valence-electron chi connectivity index (χ2n) is 5.04. The van der Waals surface area contributed by atoms with Gasteiger partial charge in [-0.2, -0.15) is 0 Å². The van der Waals surface area contributed by atoms with Crippen molar-refractivity contribution in [2.75, 3.05) is 0 Å². The number of ether oxygens (including phenoxy) is 1. The fraction of sp³-hybridized carbons (Fsp3) is 0. The van der Waals surface area contributed by atoms with E-state index in [2.05, 4.69) is 0 Å². The predicted octanol–water partition coefficient (Wildman–Crippen LogP) is 5.31. The fourth-order valence-corrected chi connectivity index (χ4v) is 4.69. The topological polar surface area (TPSA) is 9.23 Å². The van der Waals surface area contributed by atoms with Gasteiger partial charge in [-0.1, -0.05) is 0 Å². The Bertz CT molecular complexity index is 842. The highest BCUT2D eigenvalue weighted by molar-refractivity contribution is 7.97. The summed E-state index contributed by atoms with van der Waals surface area (Å²) in [4.78, 5) is 2.43. The molecule has 1 aliphatic rings. The first kappa shape index (κ1) is 14.2. The van der Waals surface area contributed by atoms with Crippen LogP contribution in [0.5, 0.6) is 11.5 Å². The average molecular weight is 331 g/mol. The van der Waals surface area contributed by atoms with Crippen LogP contribution in [0.1, 0.15) is 0 Å². The van der Waals surface area contributed by atoms with Crippen LogP contribution in [0.4, 0.5) is 13.2 Å². The van der Waals surface area contributed by atoms with Crippen molar-refractivity contribution in [2.45, 2.75) is 14.7 Å². The van der Waals surface area contributed by atoms with Crippen LogP contribution in [0, 0.1) is 17.5 Å². The van der Waals surface area contributed by atoms with Gasteiger partial charge in [0.25, 0.3) is 0 Å². The lowest BCUT2D eigenvalue weighted by molar-refractivity contribution is 0.442. The van der Waals surface area contributed by atoms with Crippen molar-refractivity contribution in [3.8, 4) is 11.5 Å².